The molecule has 0 aromatic heterocycles. The van der Waals surface area contributed by atoms with Crippen molar-refractivity contribution in [1.29, 1.82) is 0 Å². The third kappa shape index (κ3) is 6.68. The van der Waals surface area contributed by atoms with Gasteiger partial charge in [0.25, 0.3) is 5.69 Å². The van der Waals surface area contributed by atoms with Crippen LogP contribution in [0.3, 0.4) is 0 Å². The summed E-state index contributed by atoms with van der Waals surface area (Å²) in [6.45, 7) is 3.73. The Labute approximate surface area is 198 Å². The molecule has 12 nitrogen and oxygen atoms in total. The van der Waals surface area contributed by atoms with E-state index in [1.807, 2.05) is 19.9 Å². The van der Waals surface area contributed by atoms with Gasteiger partial charge in [-0.1, -0.05) is 18.2 Å². The molecule has 0 fully saturated rings. The van der Waals surface area contributed by atoms with Crippen molar-refractivity contribution in [2.45, 2.75) is 13.8 Å². The maximum atomic E-state index is 12.1. The minimum absolute atomic E-state index is 0.185. The Balaban J connectivity index is 1.66. The third-order valence-corrected chi connectivity index (χ3v) is 4.50. The van der Waals surface area contributed by atoms with E-state index >= 15 is 0 Å². The fraction of sp³-hybridized carbons (Fsp3) is 0.0870. The number of carbonyl (C=O) groups excluding carboxylic acids is 2. The monoisotopic (exact) mass is 477 g/mol. The summed E-state index contributed by atoms with van der Waals surface area (Å²) >= 11 is 0. The molecule has 12 heteroatoms. The number of aryl methyl sites for hydroxylation is 2. The maximum absolute atomic E-state index is 12.1. The lowest BCUT2D eigenvalue weighted by Gasteiger charge is -2.07. The highest BCUT2D eigenvalue weighted by Gasteiger charge is 2.21. The molecule has 0 aliphatic heterocycles. The molecule has 2 N–H and O–H groups in total. The van der Waals surface area contributed by atoms with Gasteiger partial charge in [-0.3, -0.25) is 29.8 Å². The number of hydrazone groups is 1. The molecule has 3 aromatic rings. The van der Waals surface area contributed by atoms with E-state index in [4.69, 9.17) is 4.74 Å². The fourth-order valence-corrected chi connectivity index (χ4v) is 3.08. The first kappa shape index (κ1) is 24.5. The van der Waals surface area contributed by atoms with Crippen molar-refractivity contribution < 1.29 is 24.2 Å². The van der Waals surface area contributed by atoms with Crippen LogP contribution in [0.25, 0.3) is 0 Å². The summed E-state index contributed by atoms with van der Waals surface area (Å²) < 4.78 is 5.52. The molecule has 2 amide bonds. The lowest BCUT2D eigenvalue weighted by Crippen LogP contribution is -2.32. The second-order valence-corrected chi connectivity index (χ2v) is 7.37. The molecule has 0 spiro atoms. The highest BCUT2D eigenvalue weighted by molar-refractivity contribution is 6.39. The minimum atomic E-state index is -0.977. The van der Waals surface area contributed by atoms with Gasteiger partial charge in [-0.15, -0.1) is 0 Å². The van der Waals surface area contributed by atoms with E-state index in [9.17, 15) is 29.8 Å². The van der Waals surface area contributed by atoms with Gasteiger partial charge in [0, 0.05) is 11.8 Å². The molecule has 35 heavy (non-hydrogen) atoms. The summed E-state index contributed by atoms with van der Waals surface area (Å²) in [5.41, 5.74) is 3.89. The number of nitro benzene ring substituents is 2. The second-order valence-electron chi connectivity index (χ2n) is 7.37. The summed E-state index contributed by atoms with van der Waals surface area (Å²) in [5.74, 6) is -1.88. The summed E-state index contributed by atoms with van der Waals surface area (Å²) in [4.78, 5) is 44.7. The van der Waals surface area contributed by atoms with Crippen LogP contribution in [0.4, 0.5) is 17.1 Å². The smallest absolute Gasteiger partial charge is 0.329 e. The van der Waals surface area contributed by atoms with Crippen molar-refractivity contribution >= 4 is 35.1 Å². The van der Waals surface area contributed by atoms with Gasteiger partial charge in [0.05, 0.1) is 22.1 Å². The van der Waals surface area contributed by atoms with E-state index in [0.29, 0.717) is 11.3 Å². The summed E-state index contributed by atoms with van der Waals surface area (Å²) in [6.07, 6.45) is 1.25. The number of nitrogens with one attached hydrogen (secondary N) is 2. The predicted molar refractivity (Wildman–Crippen MR) is 127 cm³/mol. The average Bonchev–Trinajstić information content (AvgIpc) is 2.78. The maximum Gasteiger partial charge on any atom is 0.329 e. The topological polar surface area (TPSA) is 166 Å². The molecule has 0 unspecified atom stereocenters. The summed E-state index contributed by atoms with van der Waals surface area (Å²) in [6, 6.07) is 14.6. The zero-order valence-electron chi connectivity index (χ0n) is 18.6. The first-order valence-corrected chi connectivity index (χ1v) is 10.1. The molecule has 3 aromatic carbocycles. The first-order valence-electron chi connectivity index (χ1n) is 10.1. The molecule has 0 saturated carbocycles. The Hall–Kier alpha value is -5.13. The third-order valence-electron chi connectivity index (χ3n) is 4.50. The Morgan fingerprint density at radius 2 is 1.63 bits per heavy atom. The Kier molecular flexibility index (Phi) is 7.46. The van der Waals surface area contributed by atoms with Crippen LogP contribution in [0.1, 0.15) is 16.7 Å². The molecule has 0 radical (unpaired) electrons. The number of nitrogens with zero attached hydrogens (tertiary/aromatic N) is 3. The number of hydrogen-bond acceptors (Lipinski definition) is 8. The van der Waals surface area contributed by atoms with Crippen molar-refractivity contribution in [3.05, 3.63) is 97.6 Å². The number of anilines is 1. The van der Waals surface area contributed by atoms with Gasteiger partial charge < -0.3 is 10.1 Å². The molecule has 0 bridgehead atoms. The predicted octanol–water partition coefficient (Wildman–Crippen LogP) is 4.00. The van der Waals surface area contributed by atoms with Gasteiger partial charge in [-0.05, 0) is 60.9 Å². The lowest BCUT2D eigenvalue weighted by atomic mass is 10.1. The molecule has 0 aliphatic carbocycles. The van der Waals surface area contributed by atoms with Crippen LogP contribution in [0.15, 0.2) is 65.8 Å². The quantitative estimate of drug-likeness (QED) is 0.224. The van der Waals surface area contributed by atoms with Crippen molar-refractivity contribution in [3.63, 3.8) is 0 Å². The van der Waals surface area contributed by atoms with Gasteiger partial charge in [-0.25, -0.2) is 5.43 Å². The molecule has 0 aliphatic rings. The largest absolute Gasteiger partial charge is 0.450 e. The number of benzene rings is 3. The average molecular weight is 477 g/mol. The van der Waals surface area contributed by atoms with Crippen molar-refractivity contribution in [2.24, 2.45) is 5.10 Å². The summed E-state index contributed by atoms with van der Waals surface area (Å²) in [7, 11) is 0. The molecule has 178 valence electrons. The number of amides is 2. The van der Waals surface area contributed by atoms with Crippen LogP contribution >= 0.6 is 0 Å². The molecular weight excluding hydrogens is 458 g/mol. The van der Waals surface area contributed by atoms with E-state index in [0.717, 1.165) is 29.3 Å². The molecule has 0 saturated heterocycles. The standard InChI is InChI=1S/C23H19N5O7/c1-14-8-15(2)10-17(9-14)25-22(29)23(30)26-24-13-16-4-3-5-19(11-16)35-21-7-6-18(27(31)32)12-20(21)28(33)34/h3-13H,1-2H3,(H,25,29)(H,26,30)/b24-13+. The molecule has 3 rings (SSSR count). The van der Waals surface area contributed by atoms with Crippen LogP contribution in [-0.4, -0.2) is 27.9 Å². The van der Waals surface area contributed by atoms with E-state index in [1.165, 1.54) is 18.3 Å². The highest BCUT2D eigenvalue weighted by Crippen LogP contribution is 2.34. The number of hydrogen-bond donors (Lipinski definition) is 2. The zero-order chi connectivity index (χ0) is 25.5. The number of ether oxygens (including phenoxy) is 1. The Bertz CT molecular complexity index is 1330. The Morgan fingerprint density at radius 1 is 0.914 bits per heavy atom. The number of non-ortho nitro benzene ring substituents is 1. The molecule has 0 atom stereocenters. The SMILES string of the molecule is Cc1cc(C)cc(NC(=O)C(=O)N/N=C/c2cccc(Oc3ccc([N+](=O)[O-])cc3[N+](=O)[O-])c2)c1. The first-order chi connectivity index (χ1) is 16.6. The minimum Gasteiger partial charge on any atom is -0.450 e. The highest BCUT2D eigenvalue weighted by atomic mass is 16.6. The van der Waals surface area contributed by atoms with Gasteiger partial charge in [0.15, 0.2) is 0 Å². The number of carbonyl (C=O) groups is 2. The van der Waals surface area contributed by atoms with E-state index in [-0.39, 0.29) is 11.5 Å². The van der Waals surface area contributed by atoms with Crippen molar-refractivity contribution in [1.82, 2.24) is 5.43 Å². The van der Waals surface area contributed by atoms with E-state index in [1.54, 1.807) is 24.3 Å². The fourth-order valence-electron chi connectivity index (χ4n) is 3.08. The number of nitro groups is 2. The van der Waals surface area contributed by atoms with Gasteiger partial charge in [0.1, 0.15) is 5.75 Å². The zero-order valence-corrected chi connectivity index (χ0v) is 18.6. The van der Waals surface area contributed by atoms with Crippen LogP contribution in [0, 0.1) is 34.1 Å². The van der Waals surface area contributed by atoms with Gasteiger partial charge in [-0.2, -0.15) is 5.10 Å². The van der Waals surface area contributed by atoms with Crippen LogP contribution < -0.4 is 15.5 Å². The van der Waals surface area contributed by atoms with Crippen molar-refractivity contribution in [2.75, 3.05) is 5.32 Å². The molecular formula is C23H19N5O7. The summed E-state index contributed by atoms with van der Waals surface area (Å²) in [5, 5.41) is 28.4. The van der Waals surface area contributed by atoms with Crippen molar-refractivity contribution in [3.8, 4) is 11.5 Å². The van der Waals surface area contributed by atoms with E-state index < -0.39 is 33.0 Å². The van der Waals surface area contributed by atoms with Crippen LogP contribution in [0.5, 0.6) is 11.5 Å². The Morgan fingerprint density at radius 3 is 2.29 bits per heavy atom. The normalized spacial score (nSPS) is 10.6. The number of rotatable bonds is 7. The second kappa shape index (κ2) is 10.7. The van der Waals surface area contributed by atoms with E-state index in [2.05, 4.69) is 15.8 Å². The lowest BCUT2D eigenvalue weighted by molar-refractivity contribution is -0.394. The molecule has 0 heterocycles. The van der Waals surface area contributed by atoms with Gasteiger partial charge in [0.2, 0.25) is 5.75 Å². The van der Waals surface area contributed by atoms with Gasteiger partial charge >= 0.3 is 17.5 Å². The van der Waals surface area contributed by atoms with Crippen LogP contribution in [0.2, 0.25) is 0 Å². The van der Waals surface area contributed by atoms with Crippen LogP contribution in [-0.2, 0) is 9.59 Å².